The summed E-state index contributed by atoms with van der Waals surface area (Å²) in [7, 11) is 3.14. The van der Waals surface area contributed by atoms with Crippen LogP contribution in [0.5, 0.6) is 5.75 Å². The maximum absolute atomic E-state index is 12.7. The lowest BCUT2D eigenvalue weighted by atomic mass is 10.00. The highest BCUT2D eigenvalue weighted by atomic mass is 32.1. The van der Waals surface area contributed by atoms with Crippen LogP contribution in [0, 0.1) is 0 Å². The van der Waals surface area contributed by atoms with E-state index in [-0.39, 0.29) is 11.3 Å². The van der Waals surface area contributed by atoms with Crippen molar-refractivity contribution < 1.29 is 24.2 Å². The maximum Gasteiger partial charge on any atom is 0.295 e. The van der Waals surface area contributed by atoms with Crippen LogP contribution in [-0.4, -0.2) is 49.1 Å². The van der Waals surface area contributed by atoms with Gasteiger partial charge in [-0.3, -0.25) is 9.59 Å². The fourth-order valence-corrected chi connectivity index (χ4v) is 3.98. The van der Waals surface area contributed by atoms with E-state index in [1.54, 1.807) is 38.5 Å². The molecule has 0 radical (unpaired) electrons. The molecule has 7 heteroatoms. The smallest absolute Gasteiger partial charge is 0.295 e. The van der Waals surface area contributed by atoms with E-state index in [0.717, 1.165) is 4.88 Å². The van der Waals surface area contributed by atoms with Gasteiger partial charge in [0.25, 0.3) is 11.7 Å². The van der Waals surface area contributed by atoms with Crippen molar-refractivity contribution in [3.05, 3.63) is 57.8 Å². The Morgan fingerprint density at radius 2 is 1.93 bits per heavy atom. The molecule has 0 spiro atoms. The van der Waals surface area contributed by atoms with Gasteiger partial charge in [-0.2, -0.15) is 0 Å². The van der Waals surface area contributed by atoms with Crippen LogP contribution in [0.25, 0.3) is 5.76 Å². The van der Waals surface area contributed by atoms with Crippen molar-refractivity contribution in [3.63, 3.8) is 0 Å². The Balaban J connectivity index is 2.04. The average Bonchev–Trinajstić information content (AvgIpc) is 3.30. The first-order valence-corrected chi connectivity index (χ1v) is 9.41. The summed E-state index contributed by atoms with van der Waals surface area (Å²) in [6.45, 7) is 0.860. The van der Waals surface area contributed by atoms with E-state index in [2.05, 4.69) is 0 Å². The highest BCUT2D eigenvalue weighted by molar-refractivity contribution is 7.10. The van der Waals surface area contributed by atoms with E-state index in [0.29, 0.717) is 30.9 Å². The van der Waals surface area contributed by atoms with E-state index < -0.39 is 17.7 Å². The van der Waals surface area contributed by atoms with Crippen molar-refractivity contribution >= 4 is 28.8 Å². The molecule has 2 heterocycles. The number of ketones is 1. The summed E-state index contributed by atoms with van der Waals surface area (Å²) in [5.74, 6) is -0.802. The summed E-state index contributed by atoms with van der Waals surface area (Å²) in [6.07, 6.45) is 0.605. The van der Waals surface area contributed by atoms with Gasteiger partial charge in [0.1, 0.15) is 11.5 Å². The van der Waals surface area contributed by atoms with E-state index in [4.69, 9.17) is 9.47 Å². The van der Waals surface area contributed by atoms with Crippen LogP contribution in [0.2, 0.25) is 0 Å². The van der Waals surface area contributed by atoms with Gasteiger partial charge in [0.05, 0.1) is 18.7 Å². The molecule has 27 heavy (non-hydrogen) atoms. The van der Waals surface area contributed by atoms with E-state index in [9.17, 15) is 14.7 Å². The molecule has 0 bridgehead atoms. The van der Waals surface area contributed by atoms with Gasteiger partial charge in [-0.25, -0.2) is 0 Å². The molecule has 142 valence electrons. The number of Topliss-reactive ketones (excluding diaryl/α,β-unsaturated/α-hetero) is 1. The number of hydrogen-bond acceptors (Lipinski definition) is 6. The van der Waals surface area contributed by atoms with Crippen molar-refractivity contribution in [1.82, 2.24) is 4.90 Å². The molecular weight excluding hydrogens is 366 g/mol. The molecule has 1 saturated heterocycles. The highest BCUT2D eigenvalue weighted by Crippen LogP contribution is 2.41. The summed E-state index contributed by atoms with van der Waals surface area (Å²) >= 11 is 1.45. The highest BCUT2D eigenvalue weighted by Gasteiger charge is 2.46. The van der Waals surface area contributed by atoms with Crippen LogP contribution in [0.3, 0.4) is 0 Å². The number of carbonyl (C=O) groups is 2. The molecule has 1 N–H and O–H groups in total. The fourth-order valence-electron chi connectivity index (χ4n) is 3.14. The first-order chi connectivity index (χ1) is 13.1. The summed E-state index contributed by atoms with van der Waals surface area (Å²) in [4.78, 5) is 27.7. The maximum atomic E-state index is 12.7. The van der Waals surface area contributed by atoms with Crippen molar-refractivity contribution in [2.24, 2.45) is 0 Å². The second-order valence-electron chi connectivity index (χ2n) is 6.08. The standard InChI is InChI=1S/C20H21NO5S/c1-25-11-4-10-21-17(15-5-3-12-27-15)16(19(23)20(21)24)18(22)13-6-8-14(26-2)9-7-13/h3,5-9,12,17,22H,4,10-11H2,1-2H3/b18-16-. The van der Waals surface area contributed by atoms with E-state index in [1.165, 1.54) is 16.2 Å². The summed E-state index contributed by atoms with van der Waals surface area (Å²) in [6, 6.07) is 9.86. The zero-order valence-electron chi connectivity index (χ0n) is 15.2. The lowest BCUT2D eigenvalue weighted by Gasteiger charge is -2.23. The molecule has 3 rings (SSSR count). The zero-order chi connectivity index (χ0) is 19.4. The van der Waals surface area contributed by atoms with Gasteiger partial charge in [-0.1, -0.05) is 6.07 Å². The molecule has 1 atom stereocenters. The molecule has 0 saturated carbocycles. The topological polar surface area (TPSA) is 76.1 Å². The minimum Gasteiger partial charge on any atom is -0.507 e. The van der Waals surface area contributed by atoms with Crippen LogP contribution in [-0.2, 0) is 14.3 Å². The van der Waals surface area contributed by atoms with Gasteiger partial charge < -0.3 is 19.5 Å². The van der Waals surface area contributed by atoms with E-state index >= 15 is 0 Å². The monoisotopic (exact) mass is 387 g/mol. The molecule has 6 nitrogen and oxygen atoms in total. The third kappa shape index (κ3) is 3.74. The Kier molecular flexibility index (Phi) is 5.93. The Hall–Kier alpha value is -2.64. The van der Waals surface area contributed by atoms with Gasteiger partial charge in [-0.15, -0.1) is 11.3 Å². The number of rotatable bonds is 7. The fraction of sp³-hybridized carbons (Fsp3) is 0.300. The Morgan fingerprint density at radius 1 is 1.19 bits per heavy atom. The molecule has 0 aliphatic carbocycles. The Morgan fingerprint density at radius 3 is 2.52 bits per heavy atom. The number of carbonyl (C=O) groups excluding carboxylic acids is 2. The van der Waals surface area contributed by atoms with Gasteiger partial charge in [-0.05, 0) is 42.1 Å². The van der Waals surface area contributed by atoms with Crippen LogP contribution < -0.4 is 4.74 Å². The molecule has 1 aliphatic heterocycles. The number of nitrogens with zero attached hydrogens (tertiary/aromatic N) is 1. The van der Waals surface area contributed by atoms with E-state index in [1.807, 2.05) is 17.5 Å². The predicted molar refractivity (Wildman–Crippen MR) is 103 cm³/mol. The van der Waals surface area contributed by atoms with Crippen molar-refractivity contribution in [2.45, 2.75) is 12.5 Å². The summed E-state index contributed by atoms with van der Waals surface area (Å²) in [5.41, 5.74) is 0.581. The number of benzene rings is 1. The number of methoxy groups -OCH3 is 2. The Labute approximate surface area is 161 Å². The molecule has 1 fully saturated rings. The third-order valence-corrected chi connectivity index (χ3v) is 5.39. The van der Waals surface area contributed by atoms with Gasteiger partial charge in [0, 0.05) is 30.7 Å². The number of aliphatic hydroxyl groups excluding tert-OH is 1. The Bertz CT molecular complexity index is 842. The second-order valence-corrected chi connectivity index (χ2v) is 7.06. The number of amides is 1. The van der Waals surface area contributed by atoms with Crippen LogP contribution in [0.15, 0.2) is 47.4 Å². The number of hydrogen-bond donors (Lipinski definition) is 1. The number of ether oxygens (including phenoxy) is 2. The normalized spacial score (nSPS) is 18.9. The number of likely N-dealkylation sites (tertiary alicyclic amines) is 1. The molecule has 1 aliphatic rings. The van der Waals surface area contributed by atoms with Crippen molar-refractivity contribution in [3.8, 4) is 5.75 Å². The van der Waals surface area contributed by atoms with Crippen LogP contribution >= 0.6 is 11.3 Å². The molecular formula is C20H21NO5S. The molecule has 1 aromatic carbocycles. The molecule has 1 unspecified atom stereocenters. The molecule has 1 aromatic heterocycles. The van der Waals surface area contributed by atoms with Crippen LogP contribution in [0.4, 0.5) is 0 Å². The third-order valence-electron chi connectivity index (χ3n) is 4.46. The molecule has 2 aromatic rings. The lowest BCUT2D eigenvalue weighted by molar-refractivity contribution is -0.140. The first kappa shape index (κ1) is 19.1. The second kappa shape index (κ2) is 8.37. The van der Waals surface area contributed by atoms with Crippen molar-refractivity contribution in [1.29, 1.82) is 0 Å². The molecule has 1 amide bonds. The van der Waals surface area contributed by atoms with Gasteiger partial charge in [0.15, 0.2) is 0 Å². The van der Waals surface area contributed by atoms with Gasteiger partial charge in [0.2, 0.25) is 0 Å². The zero-order valence-corrected chi connectivity index (χ0v) is 16.0. The largest absolute Gasteiger partial charge is 0.507 e. The quantitative estimate of drug-likeness (QED) is 0.342. The van der Waals surface area contributed by atoms with Crippen LogP contribution in [0.1, 0.15) is 22.9 Å². The summed E-state index contributed by atoms with van der Waals surface area (Å²) < 4.78 is 10.2. The first-order valence-electron chi connectivity index (χ1n) is 8.53. The predicted octanol–water partition coefficient (Wildman–Crippen LogP) is 3.21. The number of thiophene rings is 1. The van der Waals surface area contributed by atoms with Gasteiger partial charge >= 0.3 is 0 Å². The number of aliphatic hydroxyl groups is 1. The summed E-state index contributed by atoms with van der Waals surface area (Å²) in [5, 5.41) is 12.7. The minimum atomic E-state index is -0.667. The average molecular weight is 387 g/mol. The lowest BCUT2D eigenvalue weighted by Crippen LogP contribution is -2.31. The SMILES string of the molecule is COCCCN1C(=O)C(=O)/C(=C(\O)c2ccc(OC)cc2)C1c1cccs1. The minimum absolute atomic E-state index is 0.116. The van der Waals surface area contributed by atoms with Crippen molar-refractivity contribution in [2.75, 3.05) is 27.4 Å².